The van der Waals surface area contributed by atoms with E-state index in [0.29, 0.717) is 18.0 Å². The second kappa shape index (κ2) is 7.24. The van der Waals surface area contributed by atoms with Gasteiger partial charge in [-0.15, -0.1) is 0 Å². The Morgan fingerprint density at radius 1 is 1.39 bits per heavy atom. The molecule has 0 bridgehead atoms. The van der Waals surface area contributed by atoms with Gasteiger partial charge in [0.1, 0.15) is 11.9 Å². The van der Waals surface area contributed by atoms with Crippen LogP contribution in [0.25, 0.3) is 0 Å². The van der Waals surface area contributed by atoms with Crippen LogP contribution in [0.4, 0.5) is 0 Å². The molecule has 0 fully saturated rings. The lowest BCUT2D eigenvalue weighted by atomic mass is 10.2. The van der Waals surface area contributed by atoms with Crippen molar-refractivity contribution in [1.82, 2.24) is 5.32 Å². The van der Waals surface area contributed by atoms with E-state index >= 15 is 0 Å². The average Bonchev–Trinajstić information content (AvgIpc) is 2.29. The van der Waals surface area contributed by atoms with E-state index < -0.39 is 0 Å². The van der Waals surface area contributed by atoms with Crippen LogP contribution >= 0.6 is 11.6 Å². The highest BCUT2D eigenvalue weighted by Crippen LogP contribution is 2.16. The first-order valence-electron chi connectivity index (χ1n) is 5.92. The van der Waals surface area contributed by atoms with Gasteiger partial charge in [-0.2, -0.15) is 0 Å². The fraction of sp³-hybridized carbons (Fsp3) is 0.462. The van der Waals surface area contributed by atoms with Crippen molar-refractivity contribution >= 4 is 17.5 Å². The number of rotatable bonds is 6. The molecular weight excluding hydrogens is 252 g/mol. The summed E-state index contributed by atoms with van der Waals surface area (Å²) in [6.07, 6.45) is 0.219. The SMILES string of the molecule is CC(N)CC(=O)NCC(C)Oc1ccc(Cl)cc1. The molecule has 1 rings (SSSR count). The van der Waals surface area contributed by atoms with E-state index in [1.165, 1.54) is 0 Å². The number of ether oxygens (including phenoxy) is 1. The third-order valence-corrected chi connectivity index (χ3v) is 2.50. The van der Waals surface area contributed by atoms with Crippen LogP contribution < -0.4 is 15.8 Å². The van der Waals surface area contributed by atoms with Gasteiger partial charge in [-0.1, -0.05) is 11.6 Å². The van der Waals surface area contributed by atoms with Gasteiger partial charge in [0.15, 0.2) is 0 Å². The largest absolute Gasteiger partial charge is 0.489 e. The summed E-state index contributed by atoms with van der Waals surface area (Å²) in [6, 6.07) is 6.99. The molecule has 2 atom stereocenters. The highest BCUT2D eigenvalue weighted by molar-refractivity contribution is 6.30. The molecule has 0 aliphatic carbocycles. The Hall–Kier alpha value is -1.26. The van der Waals surface area contributed by atoms with Crippen molar-refractivity contribution in [1.29, 1.82) is 0 Å². The predicted molar refractivity (Wildman–Crippen MR) is 72.8 cm³/mol. The van der Waals surface area contributed by atoms with Gasteiger partial charge in [-0.25, -0.2) is 0 Å². The van der Waals surface area contributed by atoms with E-state index in [2.05, 4.69) is 5.32 Å². The van der Waals surface area contributed by atoms with Gasteiger partial charge < -0.3 is 15.8 Å². The van der Waals surface area contributed by atoms with Crippen molar-refractivity contribution in [2.24, 2.45) is 5.73 Å². The van der Waals surface area contributed by atoms with Crippen LogP contribution in [0, 0.1) is 0 Å². The summed E-state index contributed by atoms with van der Waals surface area (Å²) in [6.45, 7) is 4.14. The van der Waals surface area contributed by atoms with Crippen molar-refractivity contribution in [2.75, 3.05) is 6.54 Å². The first-order chi connectivity index (χ1) is 8.47. The maximum atomic E-state index is 11.4. The summed E-state index contributed by atoms with van der Waals surface area (Å²) < 4.78 is 5.62. The molecule has 1 amide bonds. The number of hydrogen-bond donors (Lipinski definition) is 2. The van der Waals surface area contributed by atoms with Gasteiger partial charge in [-0.3, -0.25) is 4.79 Å². The highest BCUT2D eigenvalue weighted by Gasteiger charge is 2.08. The van der Waals surface area contributed by atoms with Gasteiger partial charge in [0, 0.05) is 17.5 Å². The van der Waals surface area contributed by atoms with Crippen LogP contribution in [0.3, 0.4) is 0 Å². The van der Waals surface area contributed by atoms with Gasteiger partial charge in [0.05, 0.1) is 6.54 Å². The smallest absolute Gasteiger partial charge is 0.221 e. The van der Waals surface area contributed by atoms with Crippen LogP contribution in [0.1, 0.15) is 20.3 Å². The third kappa shape index (κ3) is 5.89. The van der Waals surface area contributed by atoms with E-state index in [4.69, 9.17) is 22.1 Å². The lowest BCUT2D eigenvalue weighted by Gasteiger charge is -2.16. The molecule has 0 spiro atoms. The van der Waals surface area contributed by atoms with Gasteiger partial charge >= 0.3 is 0 Å². The minimum absolute atomic E-state index is 0.0587. The molecular formula is C13H19ClN2O2. The number of halogens is 1. The lowest BCUT2D eigenvalue weighted by Crippen LogP contribution is -2.36. The van der Waals surface area contributed by atoms with Crippen molar-refractivity contribution in [3.63, 3.8) is 0 Å². The van der Waals surface area contributed by atoms with Crippen LogP contribution in [-0.4, -0.2) is 24.6 Å². The maximum Gasteiger partial charge on any atom is 0.221 e. The highest BCUT2D eigenvalue weighted by atomic mass is 35.5. The monoisotopic (exact) mass is 270 g/mol. The minimum atomic E-state index is -0.127. The summed E-state index contributed by atoms with van der Waals surface area (Å²) in [7, 11) is 0. The summed E-state index contributed by atoms with van der Waals surface area (Å²) in [4.78, 5) is 11.4. The lowest BCUT2D eigenvalue weighted by molar-refractivity contribution is -0.121. The van der Waals surface area contributed by atoms with Crippen molar-refractivity contribution in [3.8, 4) is 5.75 Å². The van der Waals surface area contributed by atoms with E-state index in [0.717, 1.165) is 5.75 Å². The van der Waals surface area contributed by atoms with Gasteiger partial charge in [0.25, 0.3) is 0 Å². The van der Waals surface area contributed by atoms with Crippen LogP contribution in [0.5, 0.6) is 5.75 Å². The minimum Gasteiger partial charge on any atom is -0.489 e. The molecule has 1 aromatic carbocycles. The Kier molecular flexibility index (Phi) is 5.95. The molecule has 3 N–H and O–H groups in total. The molecule has 0 heterocycles. The Bertz CT molecular complexity index is 379. The number of nitrogens with two attached hydrogens (primary N) is 1. The average molecular weight is 271 g/mol. The molecule has 5 heteroatoms. The fourth-order valence-electron chi connectivity index (χ4n) is 1.41. The van der Waals surface area contributed by atoms with E-state index in [9.17, 15) is 4.79 Å². The zero-order chi connectivity index (χ0) is 13.5. The van der Waals surface area contributed by atoms with Gasteiger partial charge in [0.2, 0.25) is 5.91 Å². The first kappa shape index (κ1) is 14.8. The molecule has 0 radical (unpaired) electrons. The molecule has 0 aliphatic heterocycles. The zero-order valence-corrected chi connectivity index (χ0v) is 11.4. The van der Waals surface area contributed by atoms with Crippen LogP contribution in [0.2, 0.25) is 5.02 Å². The van der Waals surface area contributed by atoms with Gasteiger partial charge in [-0.05, 0) is 38.1 Å². The maximum absolute atomic E-state index is 11.4. The quantitative estimate of drug-likeness (QED) is 0.831. The Balaban J connectivity index is 2.31. The number of carbonyl (C=O) groups excluding carboxylic acids is 1. The number of benzene rings is 1. The van der Waals surface area contributed by atoms with Crippen molar-refractivity contribution in [2.45, 2.75) is 32.4 Å². The van der Waals surface area contributed by atoms with E-state index in [1.54, 1.807) is 31.2 Å². The summed E-state index contributed by atoms with van der Waals surface area (Å²) in [5, 5.41) is 3.44. The van der Waals surface area contributed by atoms with E-state index in [1.807, 2.05) is 6.92 Å². The van der Waals surface area contributed by atoms with E-state index in [-0.39, 0.29) is 18.1 Å². The number of hydrogen-bond acceptors (Lipinski definition) is 3. The Morgan fingerprint density at radius 2 is 2.00 bits per heavy atom. The molecule has 0 aromatic heterocycles. The predicted octanol–water partition coefficient (Wildman–Crippen LogP) is 1.96. The Labute approximate surface area is 112 Å². The number of nitrogens with one attached hydrogen (secondary N) is 1. The molecule has 0 saturated carbocycles. The fourth-order valence-corrected chi connectivity index (χ4v) is 1.54. The summed E-state index contributed by atoms with van der Waals surface area (Å²) in [5.41, 5.74) is 5.53. The molecule has 4 nitrogen and oxygen atoms in total. The molecule has 0 aliphatic rings. The second-order valence-electron chi connectivity index (χ2n) is 4.37. The molecule has 18 heavy (non-hydrogen) atoms. The van der Waals surface area contributed by atoms with Crippen LogP contribution in [-0.2, 0) is 4.79 Å². The third-order valence-electron chi connectivity index (χ3n) is 2.24. The number of carbonyl (C=O) groups is 1. The standard InChI is InChI=1S/C13H19ClN2O2/c1-9(15)7-13(17)16-8-10(2)18-12-5-3-11(14)4-6-12/h3-6,9-10H,7-8,15H2,1-2H3,(H,16,17). The number of amides is 1. The van der Waals surface area contributed by atoms with Crippen LogP contribution in [0.15, 0.2) is 24.3 Å². The second-order valence-corrected chi connectivity index (χ2v) is 4.80. The molecule has 2 unspecified atom stereocenters. The summed E-state index contributed by atoms with van der Waals surface area (Å²) >= 11 is 5.77. The van der Waals surface area contributed by atoms with Crippen molar-refractivity contribution in [3.05, 3.63) is 29.3 Å². The topological polar surface area (TPSA) is 64.4 Å². The molecule has 1 aromatic rings. The zero-order valence-electron chi connectivity index (χ0n) is 10.7. The normalized spacial score (nSPS) is 13.8. The summed E-state index contributed by atoms with van der Waals surface area (Å²) in [5.74, 6) is 0.671. The first-order valence-corrected chi connectivity index (χ1v) is 6.29. The Morgan fingerprint density at radius 3 is 2.56 bits per heavy atom. The molecule has 100 valence electrons. The molecule has 0 saturated heterocycles. The van der Waals surface area contributed by atoms with Crippen molar-refractivity contribution < 1.29 is 9.53 Å².